The summed E-state index contributed by atoms with van der Waals surface area (Å²) in [6.07, 6.45) is 6.24. The number of halogens is 1. The van der Waals surface area contributed by atoms with E-state index in [-0.39, 0.29) is 6.10 Å². The monoisotopic (exact) mass is 293 g/mol. The highest BCUT2D eigenvalue weighted by atomic mass is 35.5. The van der Waals surface area contributed by atoms with E-state index in [0.29, 0.717) is 23.2 Å². The molecule has 2 bridgehead atoms. The lowest BCUT2D eigenvalue weighted by Gasteiger charge is -2.39. The number of piperidine rings is 1. The molecule has 3 fully saturated rings. The summed E-state index contributed by atoms with van der Waals surface area (Å²) in [5, 5.41) is 10.5. The highest BCUT2D eigenvalue weighted by molar-refractivity contribution is 6.30. The normalized spacial score (nSPS) is 32.8. The summed E-state index contributed by atoms with van der Waals surface area (Å²) in [6.45, 7) is 2.01. The predicted octanol–water partition coefficient (Wildman–Crippen LogP) is 2.81. The molecule has 1 saturated carbocycles. The number of fused-ring (bicyclic) bond motifs is 2. The van der Waals surface area contributed by atoms with Gasteiger partial charge in [0.2, 0.25) is 0 Å². The Morgan fingerprint density at radius 1 is 1.10 bits per heavy atom. The fourth-order valence-corrected chi connectivity index (χ4v) is 3.93. The molecule has 2 atom stereocenters. The second kappa shape index (κ2) is 4.57. The van der Waals surface area contributed by atoms with Gasteiger partial charge >= 0.3 is 0 Å². The van der Waals surface area contributed by atoms with E-state index in [1.54, 1.807) is 0 Å². The Morgan fingerprint density at radius 2 is 1.75 bits per heavy atom. The fraction of sp³-hybridized carbons (Fsp3) is 0.733. The molecule has 20 heavy (non-hydrogen) atoms. The summed E-state index contributed by atoms with van der Waals surface area (Å²) in [7, 11) is 0. The van der Waals surface area contributed by atoms with Gasteiger partial charge in [0.25, 0.3) is 0 Å². The van der Waals surface area contributed by atoms with Crippen molar-refractivity contribution in [3.8, 4) is 0 Å². The Bertz CT molecular complexity index is 532. The molecular weight excluding hydrogens is 274 g/mol. The van der Waals surface area contributed by atoms with Gasteiger partial charge in [-0.2, -0.15) is 0 Å². The number of hydrogen-bond acceptors (Lipinski definition) is 4. The zero-order chi connectivity index (χ0) is 13.9. The molecule has 2 saturated heterocycles. The summed E-state index contributed by atoms with van der Waals surface area (Å²) >= 11 is 6.33. The van der Waals surface area contributed by atoms with Gasteiger partial charge in [0.05, 0.1) is 6.10 Å². The number of aliphatic hydroxyl groups excluding tert-OH is 1. The summed E-state index contributed by atoms with van der Waals surface area (Å²) in [5.74, 6) is 2.45. The highest BCUT2D eigenvalue weighted by Gasteiger charge is 2.42. The van der Waals surface area contributed by atoms with Gasteiger partial charge in [0, 0.05) is 23.6 Å². The number of rotatable bonds is 2. The van der Waals surface area contributed by atoms with E-state index in [0.717, 1.165) is 42.9 Å². The lowest BCUT2D eigenvalue weighted by atomic mass is 9.99. The van der Waals surface area contributed by atoms with Crippen LogP contribution in [0.2, 0.25) is 5.15 Å². The van der Waals surface area contributed by atoms with Crippen molar-refractivity contribution in [2.24, 2.45) is 0 Å². The van der Waals surface area contributed by atoms with Crippen LogP contribution in [0.3, 0.4) is 0 Å². The number of aliphatic hydroxyl groups is 1. The fourth-order valence-electron chi connectivity index (χ4n) is 3.76. The van der Waals surface area contributed by atoms with Crippen molar-refractivity contribution in [3.05, 3.63) is 16.5 Å². The molecule has 0 spiro atoms. The minimum atomic E-state index is -0.149. The topological polar surface area (TPSA) is 49.2 Å². The van der Waals surface area contributed by atoms with Crippen LogP contribution in [0, 0.1) is 6.92 Å². The molecule has 2 aliphatic heterocycles. The molecule has 3 heterocycles. The average molecular weight is 294 g/mol. The zero-order valence-corrected chi connectivity index (χ0v) is 12.5. The first kappa shape index (κ1) is 12.8. The zero-order valence-electron chi connectivity index (χ0n) is 11.7. The molecule has 4 rings (SSSR count). The van der Waals surface area contributed by atoms with Crippen molar-refractivity contribution < 1.29 is 5.11 Å². The quantitative estimate of drug-likeness (QED) is 0.852. The second-order valence-electron chi connectivity index (χ2n) is 6.51. The minimum Gasteiger partial charge on any atom is -0.393 e. The third-order valence-electron chi connectivity index (χ3n) is 4.97. The van der Waals surface area contributed by atoms with Crippen LogP contribution in [0.1, 0.15) is 55.8 Å². The van der Waals surface area contributed by atoms with Crippen molar-refractivity contribution in [1.29, 1.82) is 0 Å². The van der Waals surface area contributed by atoms with Crippen LogP contribution in [-0.2, 0) is 0 Å². The molecule has 5 heteroatoms. The van der Waals surface area contributed by atoms with Gasteiger partial charge in [-0.3, -0.25) is 0 Å². The molecule has 0 aromatic carbocycles. The second-order valence-corrected chi connectivity index (χ2v) is 6.87. The van der Waals surface area contributed by atoms with E-state index >= 15 is 0 Å². The van der Waals surface area contributed by atoms with Crippen LogP contribution in [0.5, 0.6) is 0 Å². The number of aromatic nitrogens is 2. The smallest absolute Gasteiger partial charge is 0.137 e. The first-order chi connectivity index (χ1) is 9.63. The van der Waals surface area contributed by atoms with E-state index in [1.165, 1.54) is 12.8 Å². The van der Waals surface area contributed by atoms with Crippen molar-refractivity contribution in [2.75, 3.05) is 4.90 Å². The molecule has 3 aliphatic rings. The molecule has 2 unspecified atom stereocenters. The SMILES string of the molecule is Cc1c(Cl)nc(C2CC2)nc1N1C2CCC1CC(O)C2. The van der Waals surface area contributed by atoms with Crippen LogP contribution in [0.15, 0.2) is 0 Å². The largest absolute Gasteiger partial charge is 0.393 e. The van der Waals surface area contributed by atoms with E-state index in [2.05, 4.69) is 9.88 Å². The van der Waals surface area contributed by atoms with Gasteiger partial charge in [0.15, 0.2) is 0 Å². The molecule has 1 aromatic rings. The molecule has 1 N–H and O–H groups in total. The number of anilines is 1. The summed E-state index contributed by atoms with van der Waals surface area (Å²) < 4.78 is 0. The minimum absolute atomic E-state index is 0.149. The average Bonchev–Trinajstić information content (AvgIpc) is 3.20. The van der Waals surface area contributed by atoms with E-state index in [4.69, 9.17) is 16.6 Å². The molecule has 4 nitrogen and oxygen atoms in total. The number of nitrogens with zero attached hydrogens (tertiary/aromatic N) is 3. The lowest BCUT2D eigenvalue weighted by molar-refractivity contribution is 0.126. The third-order valence-corrected chi connectivity index (χ3v) is 5.34. The van der Waals surface area contributed by atoms with Crippen molar-refractivity contribution >= 4 is 17.4 Å². The molecule has 1 aromatic heterocycles. The Labute approximate surface area is 124 Å². The standard InChI is InChI=1S/C15H20ClN3O/c1-8-13(16)17-14(9-2-3-9)18-15(8)19-10-4-5-11(19)7-12(20)6-10/h9-12,20H,2-7H2,1H3. The highest BCUT2D eigenvalue weighted by Crippen LogP contribution is 2.43. The molecule has 0 amide bonds. The predicted molar refractivity (Wildman–Crippen MR) is 78.3 cm³/mol. The van der Waals surface area contributed by atoms with Crippen molar-refractivity contribution in [1.82, 2.24) is 9.97 Å². The van der Waals surface area contributed by atoms with Crippen LogP contribution in [0.25, 0.3) is 0 Å². The van der Waals surface area contributed by atoms with E-state index in [1.807, 2.05) is 6.92 Å². The first-order valence-corrected chi connectivity index (χ1v) is 8.01. The van der Waals surface area contributed by atoms with Gasteiger partial charge in [-0.25, -0.2) is 9.97 Å². The van der Waals surface area contributed by atoms with E-state index < -0.39 is 0 Å². The number of hydrogen-bond donors (Lipinski definition) is 1. The maximum absolute atomic E-state index is 9.95. The Kier molecular flexibility index (Phi) is 2.93. The first-order valence-electron chi connectivity index (χ1n) is 7.64. The maximum atomic E-state index is 9.95. The molecular formula is C15H20ClN3O. The van der Waals surface area contributed by atoms with Gasteiger partial charge in [0.1, 0.15) is 16.8 Å². The van der Waals surface area contributed by atoms with E-state index in [9.17, 15) is 5.11 Å². The molecule has 1 aliphatic carbocycles. The van der Waals surface area contributed by atoms with Crippen molar-refractivity contribution in [2.45, 2.75) is 69.6 Å². The molecule has 0 radical (unpaired) electrons. The summed E-state index contributed by atoms with van der Waals surface area (Å²) in [4.78, 5) is 11.7. The van der Waals surface area contributed by atoms with Crippen LogP contribution in [-0.4, -0.2) is 33.3 Å². The van der Waals surface area contributed by atoms with Crippen molar-refractivity contribution in [3.63, 3.8) is 0 Å². The van der Waals surface area contributed by atoms with Crippen LogP contribution < -0.4 is 4.90 Å². The third kappa shape index (κ3) is 2.01. The lowest BCUT2D eigenvalue weighted by Crippen LogP contribution is -2.45. The van der Waals surface area contributed by atoms with Gasteiger partial charge in [-0.15, -0.1) is 0 Å². The summed E-state index contributed by atoms with van der Waals surface area (Å²) in [5.41, 5.74) is 0.990. The van der Waals surface area contributed by atoms with Gasteiger partial charge < -0.3 is 10.0 Å². The van der Waals surface area contributed by atoms with Gasteiger partial charge in [-0.1, -0.05) is 11.6 Å². The van der Waals surface area contributed by atoms with Crippen LogP contribution in [0.4, 0.5) is 5.82 Å². The Morgan fingerprint density at radius 3 is 2.35 bits per heavy atom. The summed E-state index contributed by atoms with van der Waals surface area (Å²) in [6, 6.07) is 0.834. The van der Waals surface area contributed by atoms with Crippen LogP contribution >= 0.6 is 11.6 Å². The molecule has 108 valence electrons. The Hall–Kier alpha value is -0.870. The maximum Gasteiger partial charge on any atom is 0.137 e. The van der Waals surface area contributed by atoms with Gasteiger partial charge in [-0.05, 0) is 45.4 Å². The Balaban J connectivity index is 1.74.